The van der Waals surface area contributed by atoms with Gasteiger partial charge >= 0.3 is 0 Å². The molecule has 3 aromatic heterocycles. The van der Waals surface area contributed by atoms with Crippen molar-refractivity contribution in [2.45, 2.75) is 20.8 Å². The topological polar surface area (TPSA) is 122 Å². The molecule has 186 valence electrons. The number of benzene rings is 1. The first kappa shape index (κ1) is 23.8. The number of nitrogens with zero attached hydrogens (tertiary/aromatic N) is 6. The summed E-state index contributed by atoms with van der Waals surface area (Å²) in [5, 5.41) is 2.87. The number of imidazole rings is 1. The Balaban J connectivity index is 1.44. The number of carbonyl (C=O) groups excluding carboxylic acids is 2. The summed E-state index contributed by atoms with van der Waals surface area (Å²) in [6.45, 7) is 7.05. The van der Waals surface area contributed by atoms with E-state index in [1.165, 1.54) is 0 Å². The average molecular weight is 495 g/mol. The lowest BCUT2D eigenvalue weighted by molar-refractivity contribution is -0.124. The Kier molecular flexibility index (Phi) is 6.19. The van der Waals surface area contributed by atoms with Crippen LogP contribution < -0.4 is 16.0 Å². The second-order valence-electron chi connectivity index (χ2n) is 8.85. The zero-order valence-electron chi connectivity index (χ0n) is 20.8. The summed E-state index contributed by atoms with van der Waals surface area (Å²) in [6, 6.07) is 9.12. The quantitative estimate of drug-likeness (QED) is 0.418. The Morgan fingerprint density at radius 2 is 1.89 bits per heavy atom. The van der Waals surface area contributed by atoms with Crippen molar-refractivity contribution in [3.05, 3.63) is 65.6 Å². The van der Waals surface area contributed by atoms with Gasteiger partial charge in [-0.15, -0.1) is 0 Å². The standard InChI is InChI=1S/C27H26N8O2/c1-4-5-21(36)33-12-13-34(16-33)27-31-22(23-24(28)29-10-11-35(23)27)19-6-8-20(9-7-19)26(37)32-25-18(3)14-17(2)15-30-25/h6-11,14-15H,12-13,16H2,1-3H3,(H2,28,29)(H,30,32,37). The Labute approximate surface area is 214 Å². The zero-order chi connectivity index (χ0) is 26.1. The van der Waals surface area contributed by atoms with Crippen molar-refractivity contribution in [3.8, 4) is 23.1 Å². The van der Waals surface area contributed by atoms with Crippen LogP contribution in [0.1, 0.15) is 28.4 Å². The first-order valence-electron chi connectivity index (χ1n) is 11.8. The minimum atomic E-state index is -0.250. The van der Waals surface area contributed by atoms with Crippen LogP contribution in [0.2, 0.25) is 0 Å². The summed E-state index contributed by atoms with van der Waals surface area (Å²) in [6.07, 6.45) is 5.14. The molecule has 1 aromatic carbocycles. The maximum Gasteiger partial charge on any atom is 0.299 e. The predicted molar refractivity (Wildman–Crippen MR) is 142 cm³/mol. The van der Waals surface area contributed by atoms with Gasteiger partial charge in [0, 0.05) is 42.8 Å². The number of nitrogens with two attached hydrogens (primary N) is 1. The molecule has 1 saturated heterocycles. The SMILES string of the molecule is CC#CC(=O)N1CCN(c2nc(-c3ccc(C(=O)Nc4ncc(C)cc4C)cc3)c3c(N)nccn23)C1. The normalized spacial score (nSPS) is 12.9. The van der Waals surface area contributed by atoms with Crippen LogP contribution in [0.25, 0.3) is 16.8 Å². The van der Waals surface area contributed by atoms with E-state index in [1.54, 1.807) is 42.5 Å². The number of fused-ring (bicyclic) bond motifs is 1. The summed E-state index contributed by atoms with van der Waals surface area (Å²) in [5.41, 5.74) is 10.8. The van der Waals surface area contributed by atoms with Gasteiger partial charge in [-0.3, -0.25) is 14.0 Å². The molecule has 0 radical (unpaired) electrons. The summed E-state index contributed by atoms with van der Waals surface area (Å²) < 4.78 is 1.88. The Bertz CT molecular complexity index is 1580. The lowest BCUT2D eigenvalue weighted by Crippen LogP contribution is -2.30. The summed E-state index contributed by atoms with van der Waals surface area (Å²) in [7, 11) is 0. The molecule has 0 spiro atoms. The van der Waals surface area contributed by atoms with Gasteiger partial charge in [0.25, 0.3) is 11.8 Å². The maximum absolute atomic E-state index is 12.8. The van der Waals surface area contributed by atoms with Crippen molar-refractivity contribution in [2.24, 2.45) is 0 Å². The van der Waals surface area contributed by atoms with E-state index in [4.69, 9.17) is 10.7 Å². The molecule has 0 bridgehead atoms. The minimum Gasteiger partial charge on any atom is -0.382 e. The highest BCUT2D eigenvalue weighted by Gasteiger charge is 2.28. The minimum absolute atomic E-state index is 0.211. The highest BCUT2D eigenvalue weighted by Crippen LogP contribution is 2.32. The molecule has 0 atom stereocenters. The number of hydrogen-bond donors (Lipinski definition) is 2. The second-order valence-corrected chi connectivity index (χ2v) is 8.85. The Hall–Kier alpha value is -4.91. The molecule has 5 rings (SSSR count). The van der Waals surface area contributed by atoms with Gasteiger partial charge < -0.3 is 20.9 Å². The van der Waals surface area contributed by atoms with Crippen molar-refractivity contribution in [2.75, 3.05) is 35.7 Å². The van der Waals surface area contributed by atoms with Crippen LogP contribution in [0.15, 0.2) is 48.9 Å². The van der Waals surface area contributed by atoms with E-state index in [1.807, 2.05) is 41.3 Å². The lowest BCUT2D eigenvalue weighted by Gasteiger charge is -2.17. The first-order chi connectivity index (χ1) is 17.9. The molecule has 2 amide bonds. The lowest BCUT2D eigenvalue weighted by atomic mass is 10.1. The number of aryl methyl sites for hydroxylation is 2. The van der Waals surface area contributed by atoms with E-state index < -0.39 is 0 Å². The number of aromatic nitrogens is 4. The number of anilines is 3. The predicted octanol–water partition coefficient (Wildman–Crippen LogP) is 2.87. The van der Waals surface area contributed by atoms with E-state index in [2.05, 4.69) is 27.1 Å². The number of nitrogens with one attached hydrogen (secondary N) is 1. The molecule has 4 heterocycles. The zero-order valence-corrected chi connectivity index (χ0v) is 20.8. The van der Waals surface area contributed by atoms with E-state index >= 15 is 0 Å². The van der Waals surface area contributed by atoms with Crippen LogP contribution >= 0.6 is 0 Å². The largest absolute Gasteiger partial charge is 0.382 e. The van der Waals surface area contributed by atoms with E-state index in [9.17, 15) is 9.59 Å². The van der Waals surface area contributed by atoms with E-state index in [0.29, 0.717) is 54.1 Å². The Morgan fingerprint density at radius 3 is 2.62 bits per heavy atom. The molecule has 1 aliphatic rings. The highest BCUT2D eigenvalue weighted by atomic mass is 16.2. The second kappa shape index (κ2) is 9.62. The summed E-state index contributed by atoms with van der Waals surface area (Å²) in [5.74, 6) is 6.31. The molecule has 0 saturated carbocycles. The number of pyridine rings is 1. The fourth-order valence-corrected chi connectivity index (χ4v) is 4.38. The average Bonchev–Trinajstić information content (AvgIpc) is 3.52. The number of nitrogen functional groups attached to an aromatic ring is 1. The van der Waals surface area contributed by atoms with Crippen molar-refractivity contribution in [1.82, 2.24) is 24.3 Å². The molecule has 0 unspecified atom stereocenters. The number of rotatable bonds is 4. The van der Waals surface area contributed by atoms with Crippen LogP contribution in [0, 0.1) is 25.7 Å². The van der Waals surface area contributed by atoms with Crippen molar-refractivity contribution >= 4 is 34.9 Å². The molecule has 10 heteroatoms. The van der Waals surface area contributed by atoms with Crippen LogP contribution in [0.4, 0.5) is 17.6 Å². The third-order valence-electron chi connectivity index (χ3n) is 6.22. The van der Waals surface area contributed by atoms with Gasteiger partial charge in [0.1, 0.15) is 22.8 Å². The molecule has 1 aliphatic heterocycles. The Morgan fingerprint density at radius 1 is 1.11 bits per heavy atom. The summed E-state index contributed by atoms with van der Waals surface area (Å²) >= 11 is 0. The summed E-state index contributed by atoms with van der Waals surface area (Å²) in [4.78, 5) is 42.2. The molecule has 1 fully saturated rings. The van der Waals surface area contributed by atoms with Gasteiger partial charge in [0.2, 0.25) is 5.95 Å². The van der Waals surface area contributed by atoms with Crippen LogP contribution in [0.5, 0.6) is 0 Å². The third kappa shape index (κ3) is 4.54. The highest BCUT2D eigenvalue weighted by molar-refractivity contribution is 6.04. The van der Waals surface area contributed by atoms with Gasteiger partial charge in [0.05, 0.1) is 6.67 Å². The number of carbonyl (C=O) groups is 2. The number of amides is 2. The molecule has 10 nitrogen and oxygen atoms in total. The monoisotopic (exact) mass is 494 g/mol. The fraction of sp³-hybridized carbons (Fsp3) is 0.222. The molecular weight excluding hydrogens is 468 g/mol. The van der Waals surface area contributed by atoms with Gasteiger partial charge in [-0.2, -0.15) is 0 Å². The van der Waals surface area contributed by atoms with Crippen LogP contribution in [-0.2, 0) is 4.79 Å². The van der Waals surface area contributed by atoms with Gasteiger partial charge in [-0.05, 0) is 50.0 Å². The van der Waals surface area contributed by atoms with Gasteiger partial charge in [-0.1, -0.05) is 24.1 Å². The molecular formula is C27H26N8O2. The van der Waals surface area contributed by atoms with Crippen molar-refractivity contribution in [3.63, 3.8) is 0 Å². The number of hydrogen-bond acceptors (Lipinski definition) is 7. The molecule has 0 aliphatic carbocycles. The van der Waals surface area contributed by atoms with Crippen LogP contribution in [-0.4, -0.2) is 55.8 Å². The maximum atomic E-state index is 12.8. The van der Waals surface area contributed by atoms with Crippen molar-refractivity contribution in [1.29, 1.82) is 0 Å². The third-order valence-corrected chi connectivity index (χ3v) is 6.22. The molecule has 3 N–H and O–H groups in total. The van der Waals surface area contributed by atoms with E-state index in [0.717, 1.165) is 16.7 Å². The van der Waals surface area contributed by atoms with E-state index in [-0.39, 0.29) is 11.8 Å². The first-order valence-corrected chi connectivity index (χ1v) is 11.8. The van der Waals surface area contributed by atoms with Gasteiger partial charge in [-0.25, -0.2) is 15.0 Å². The fourth-order valence-electron chi connectivity index (χ4n) is 4.38. The molecule has 37 heavy (non-hydrogen) atoms. The molecule has 4 aromatic rings. The van der Waals surface area contributed by atoms with Crippen LogP contribution in [0.3, 0.4) is 0 Å². The van der Waals surface area contributed by atoms with Gasteiger partial charge in [0.15, 0.2) is 0 Å². The van der Waals surface area contributed by atoms with Crippen molar-refractivity contribution < 1.29 is 9.59 Å². The smallest absolute Gasteiger partial charge is 0.299 e.